The molecule has 5 nitrogen and oxygen atoms in total. The van der Waals surface area contributed by atoms with Gasteiger partial charge in [-0.1, -0.05) is 54.1 Å². The van der Waals surface area contributed by atoms with Crippen LogP contribution in [0.25, 0.3) is 0 Å². The van der Waals surface area contributed by atoms with E-state index in [1.807, 2.05) is 63.2 Å². The van der Waals surface area contributed by atoms with Gasteiger partial charge in [0.1, 0.15) is 5.60 Å². The average molecular weight is 427 g/mol. The van der Waals surface area contributed by atoms with Gasteiger partial charge in [-0.05, 0) is 44.0 Å². The smallest absolute Gasteiger partial charge is 0.417 e. The lowest BCUT2D eigenvalue weighted by Gasteiger charge is -2.30. The van der Waals surface area contributed by atoms with Crippen molar-refractivity contribution in [2.75, 3.05) is 19.6 Å². The van der Waals surface area contributed by atoms with Crippen LogP contribution in [0.5, 0.6) is 0 Å². The molecule has 30 heavy (non-hydrogen) atoms. The largest absolute Gasteiger partial charge is 0.443 e. The van der Waals surface area contributed by atoms with Crippen LogP contribution < -0.4 is 0 Å². The zero-order chi connectivity index (χ0) is 21.5. The Kier molecular flexibility index (Phi) is 5.37. The number of benzene rings is 2. The molecule has 6 heteroatoms. The number of amides is 2. The summed E-state index contributed by atoms with van der Waals surface area (Å²) >= 11 is 6.11. The molecule has 2 amide bonds. The lowest BCUT2D eigenvalue weighted by Crippen LogP contribution is -2.42. The highest BCUT2D eigenvalue weighted by atomic mass is 35.5. The molecule has 0 unspecified atom stereocenters. The average Bonchev–Trinajstić information content (AvgIpc) is 3.17. The van der Waals surface area contributed by atoms with Gasteiger partial charge in [-0.3, -0.25) is 9.69 Å². The SMILES string of the molecule is CC(C)(C)OC(=O)N1C[C@@]2(c3ccc(Cl)cc3)CN(Cc3ccccc3)C[C@@H]2C1=O. The molecule has 2 aliphatic rings. The Morgan fingerprint density at radius 2 is 1.77 bits per heavy atom. The maximum absolute atomic E-state index is 13.3. The molecule has 2 aromatic rings. The molecule has 0 aliphatic carbocycles. The van der Waals surface area contributed by atoms with Crippen LogP contribution >= 0.6 is 11.6 Å². The van der Waals surface area contributed by atoms with Gasteiger partial charge in [-0.25, -0.2) is 9.69 Å². The van der Waals surface area contributed by atoms with E-state index >= 15 is 0 Å². The van der Waals surface area contributed by atoms with Crippen LogP contribution in [0.4, 0.5) is 4.79 Å². The van der Waals surface area contributed by atoms with Gasteiger partial charge < -0.3 is 4.74 Å². The van der Waals surface area contributed by atoms with E-state index in [1.165, 1.54) is 10.5 Å². The second kappa shape index (κ2) is 7.71. The number of carbonyl (C=O) groups excluding carboxylic acids is 2. The van der Waals surface area contributed by atoms with Gasteiger partial charge in [-0.2, -0.15) is 0 Å². The van der Waals surface area contributed by atoms with E-state index in [9.17, 15) is 9.59 Å². The topological polar surface area (TPSA) is 49.9 Å². The van der Waals surface area contributed by atoms with Gasteiger partial charge >= 0.3 is 6.09 Å². The molecular weight excluding hydrogens is 400 g/mol. The highest BCUT2D eigenvalue weighted by Crippen LogP contribution is 2.46. The summed E-state index contributed by atoms with van der Waals surface area (Å²) in [6.45, 7) is 7.81. The molecule has 2 atom stereocenters. The molecule has 2 aromatic carbocycles. The summed E-state index contributed by atoms with van der Waals surface area (Å²) in [7, 11) is 0. The number of fused-ring (bicyclic) bond motifs is 1. The van der Waals surface area contributed by atoms with Crippen molar-refractivity contribution in [3.05, 3.63) is 70.7 Å². The Hall–Kier alpha value is -2.37. The maximum atomic E-state index is 13.3. The summed E-state index contributed by atoms with van der Waals surface area (Å²) in [6.07, 6.45) is -0.565. The number of imide groups is 1. The summed E-state index contributed by atoms with van der Waals surface area (Å²) in [5.41, 5.74) is 1.13. The second-order valence-electron chi connectivity index (χ2n) is 9.28. The van der Waals surface area contributed by atoms with E-state index in [4.69, 9.17) is 16.3 Å². The first-order chi connectivity index (χ1) is 14.2. The number of ether oxygens (including phenoxy) is 1. The zero-order valence-corrected chi connectivity index (χ0v) is 18.4. The minimum Gasteiger partial charge on any atom is -0.443 e. The van der Waals surface area contributed by atoms with E-state index in [-0.39, 0.29) is 11.8 Å². The van der Waals surface area contributed by atoms with Gasteiger partial charge in [-0.15, -0.1) is 0 Å². The van der Waals surface area contributed by atoms with Crippen molar-refractivity contribution in [1.29, 1.82) is 0 Å². The van der Waals surface area contributed by atoms with Crippen LogP contribution in [0.2, 0.25) is 5.02 Å². The molecule has 0 spiro atoms. The van der Waals surface area contributed by atoms with Crippen molar-refractivity contribution < 1.29 is 14.3 Å². The minimum absolute atomic E-state index is 0.158. The summed E-state index contributed by atoms with van der Waals surface area (Å²) < 4.78 is 5.51. The standard InChI is InChI=1S/C24H27ClN2O3/c1-23(2,3)30-22(29)27-16-24(18-9-11-19(25)12-10-18)15-26(14-20(24)21(27)28)13-17-7-5-4-6-8-17/h4-12,20H,13-16H2,1-3H3/t20-,24-/m1/s1. The molecule has 4 rings (SSSR count). The van der Waals surface area contributed by atoms with Gasteiger partial charge in [0.15, 0.2) is 0 Å². The van der Waals surface area contributed by atoms with Crippen molar-refractivity contribution in [1.82, 2.24) is 9.80 Å². The lowest BCUT2D eigenvalue weighted by atomic mass is 9.75. The number of likely N-dealkylation sites (tertiary alicyclic amines) is 2. The first kappa shape index (κ1) is 20.9. The van der Waals surface area contributed by atoms with Crippen LogP contribution in [-0.4, -0.2) is 47.0 Å². The second-order valence-corrected chi connectivity index (χ2v) is 9.71. The number of hydrogen-bond acceptors (Lipinski definition) is 4. The van der Waals surface area contributed by atoms with Gasteiger partial charge in [0, 0.05) is 36.6 Å². The van der Waals surface area contributed by atoms with Crippen LogP contribution in [-0.2, 0) is 21.5 Å². The molecule has 0 aromatic heterocycles. The molecule has 0 N–H and O–H groups in total. The van der Waals surface area contributed by atoms with Gasteiger partial charge in [0.25, 0.3) is 0 Å². The van der Waals surface area contributed by atoms with Gasteiger partial charge in [0.05, 0.1) is 5.92 Å². The predicted molar refractivity (Wildman–Crippen MR) is 116 cm³/mol. The number of hydrogen-bond donors (Lipinski definition) is 0. The van der Waals surface area contributed by atoms with Crippen molar-refractivity contribution in [3.8, 4) is 0 Å². The van der Waals surface area contributed by atoms with E-state index in [1.54, 1.807) is 0 Å². The first-order valence-electron chi connectivity index (χ1n) is 10.2. The van der Waals surface area contributed by atoms with E-state index in [0.717, 1.165) is 12.1 Å². The van der Waals surface area contributed by atoms with Crippen molar-refractivity contribution >= 4 is 23.6 Å². The van der Waals surface area contributed by atoms with E-state index < -0.39 is 17.1 Å². The predicted octanol–water partition coefficient (Wildman–Crippen LogP) is 4.49. The van der Waals surface area contributed by atoms with Crippen LogP contribution in [0, 0.1) is 5.92 Å². The highest BCUT2D eigenvalue weighted by Gasteiger charge is 2.60. The third-order valence-corrected chi connectivity index (χ3v) is 6.15. The number of carbonyl (C=O) groups is 2. The molecule has 2 aliphatic heterocycles. The fourth-order valence-electron chi connectivity index (χ4n) is 4.63. The van der Waals surface area contributed by atoms with E-state index in [2.05, 4.69) is 17.0 Å². The highest BCUT2D eigenvalue weighted by molar-refractivity contribution is 6.30. The first-order valence-corrected chi connectivity index (χ1v) is 10.6. The third-order valence-electron chi connectivity index (χ3n) is 5.90. The molecule has 0 bridgehead atoms. The Morgan fingerprint density at radius 1 is 1.10 bits per heavy atom. The van der Waals surface area contributed by atoms with Gasteiger partial charge in [0.2, 0.25) is 5.91 Å². The lowest BCUT2D eigenvalue weighted by molar-refractivity contribution is -0.130. The molecule has 0 radical (unpaired) electrons. The molecule has 2 fully saturated rings. The Morgan fingerprint density at radius 3 is 2.40 bits per heavy atom. The molecule has 158 valence electrons. The summed E-state index contributed by atoms with van der Waals surface area (Å²) in [6, 6.07) is 17.9. The molecule has 2 saturated heterocycles. The summed E-state index contributed by atoms with van der Waals surface area (Å²) in [4.78, 5) is 29.7. The molecule has 2 heterocycles. The van der Waals surface area contributed by atoms with E-state index in [0.29, 0.717) is 24.7 Å². The number of halogens is 1. The summed E-state index contributed by atoms with van der Waals surface area (Å²) in [5.74, 6) is -0.454. The fourth-order valence-corrected chi connectivity index (χ4v) is 4.75. The van der Waals surface area contributed by atoms with Crippen molar-refractivity contribution in [3.63, 3.8) is 0 Å². The molecular formula is C24H27ClN2O3. The van der Waals surface area contributed by atoms with Crippen LogP contribution in [0.3, 0.4) is 0 Å². The monoisotopic (exact) mass is 426 g/mol. The van der Waals surface area contributed by atoms with Crippen LogP contribution in [0.15, 0.2) is 54.6 Å². The minimum atomic E-state index is -0.651. The Balaban J connectivity index is 1.64. The quantitative estimate of drug-likeness (QED) is 0.725. The number of nitrogens with zero attached hydrogens (tertiary/aromatic N) is 2. The third kappa shape index (κ3) is 3.96. The molecule has 0 saturated carbocycles. The fraction of sp³-hybridized carbons (Fsp3) is 0.417. The maximum Gasteiger partial charge on any atom is 0.417 e. The zero-order valence-electron chi connectivity index (χ0n) is 17.6. The Labute approximate surface area is 182 Å². The Bertz CT molecular complexity index is 939. The summed E-state index contributed by atoms with van der Waals surface area (Å²) in [5, 5.41) is 0.652. The number of rotatable bonds is 3. The van der Waals surface area contributed by atoms with Crippen molar-refractivity contribution in [2.45, 2.75) is 38.3 Å². The van der Waals surface area contributed by atoms with Crippen molar-refractivity contribution in [2.24, 2.45) is 5.92 Å². The van der Waals surface area contributed by atoms with Crippen LogP contribution in [0.1, 0.15) is 31.9 Å². The normalized spacial score (nSPS) is 24.2.